The Balaban J connectivity index is 1.69. The van der Waals surface area contributed by atoms with Crippen molar-refractivity contribution in [3.8, 4) is 0 Å². The van der Waals surface area contributed by atoms with E-state index in [4.69, 9.17) is 11.5 Å². The first kappa shape index (κ1) is 25.4. The van der Waals surface area contributed by atoms with Crippen molar-refractivity contribution in [1.82, 2.24) is 0 Å². The third kappa shape index (κ3) is 6.88. The van der Waals surface area contributed by atoms with Crippen molar-refractivity contribution in [3.63, 3.8) is 0 Å². The number of amides is 2. The smallest absolute Gasteiger partial charge is 0.383 e. The standard InChI is InChI=1S/C24H31N5O4S/c1-24(12-13-24)23(31)27-18-8-6-9-19(16-18)29-34(32,33)20-10-5-7-17(15-20)22(26)28-21(30)11-3-2-4-14-25/h5-10,15-16H,2-4,11-14,25H2,1H3,(H,27,31)(H2,26,28,30)(H,29,32,33)/p+1. The predicted octanol–water partition coefficient (Wildman–Crippen LogP) is 3.13. The van der Waals surface area contributed by atoms with Gasteiger partial charge in [-0.1, -0.05) is 31.5 Å². The number of carbonyl (C=O) groups excluding carboxylic acids is 2. The molecule has 0 saturated heterocycles. The minimum absolute atomic E-state index is 0.0147. The molecule has 7 N–H and O–H groups in total. The third-order valence-electron chi connectivity index (χ3n) is 5.71. The van der Waals surface area contributed by atoms with Gasteiger partial charge in [-0.05, 0) is 62.6 Å². The van der Waals surface area contributed by atoms with E-state index >= 15 is 0 Å². The number of aliphatic imine (C=N–C) groups is 1. The zero-order valence-corrected chi connectivity index (χ0v) is 20.1. The van der Waals surface area contributed by atoms with Gasteiger partial charge in [0.15, 0.2) is 0 Å². The summed E-state index contributed by atoms with van der Waals surface area (Å²) in [6, 6.07) is 12.7. The largest absolute Gasteiger partial charge is 0.396 e. The number of carbonyl (C=O) groups is 2. The minimum Gasteiger partial charge on any atom is -0.383 e. The lowest BCUT2D eigenvalue weighted by molar-refractivity contribution is -0.120. The second-order valence-corrected chi connectivity index (χ2v) is 10.5. The second kappa shape index (κ2) is 10.8. The van der Waals surface area contributed by atoms with Crippen LogP contribution in [0.2, 0.25) is 0 Å². The Labute approximate surface area is 200 Å². The topological polar surface area (TPSA) is 161 Å². The molecule has 0 aromatic heterocycles. The van der Waals surface area contributed by atoms with Crippen molar-refractivity contribution in [2.75, 3.05) is 16.6 Å². The summed E-state index contributed by atoms with van der Waals surface area (Å²) in [5.74, 6) is -0.424. The molecule has 0 aliphatic heterocycles. The Morgan fingerprint density at radius 1 is 1.09 bits per heavy atom. The Kier molecular flexibility index (Phi) is 8.06. The molecule has 3 rings (SSSR count). The van der Waals surface area contributed by atoms with E-state index in [0.29, 0.717) is 29.9 Å². The Hall–Kier alpha value is -3.24. The molecule has 0 heterocycles. The average Bonchev–Trinajstić information content (AvgIpc) is 3.55. The fourth-order valence-corrected chi connectivity index (χ4v) is 4.37. The number of nitrogens with one attached hydrogen (secondary N) is 2. The molecule has 2 aromatic carbocycles. The van der Waals surface area contributed by atoms with E-state index in [0.717, 1.165) is 25.7 Å². The first-order chi connectivity index (χ1) is 16.1. The van der Waals surface area contributed by atoms with Gasteiger partial charge in [0.1, 0.15) is 10.7 Å². The predicted molar refractivity (Wildman–Crippen MR) is 134 cm³/mol. The van der Waals surface area contributed by atoms with E-state index in [-0.39, 0.29) is 34.4 Å². The molecule has 0 spiro atoms. The second-order valence-electron chi connectivity index (χ2n) is 8.74. The Morgan fingerprint density at radius 3 is 2.50 bits per heavy atom. The van der Waals surface area contributed by atoms with Crippen LogP contribution >= 0.6 is 0 Å². The van der Waals surface area contributed by atoms with Gasteiger partial charge in [-0.25, -0.2) is 8.93 Å². The Morgan fingerprint density at radius 2 is 1.79 bits per heavy atom. The lowest BCUT2D eigenvalue weighted by atomic mass is 10.1. The van der Waals surface area contributed by atoms with Gasteiger partial charge in [0.25, 0.3) is 0 Å². The van der Waals surface area contributed by atoms with Crippen LogP contribution in [0.15, 0.2) is 58.4 Å². The van der Waals surface area contributed by atoms with Crippen LogP contribution in [0.4, 0.5) is 11.4 Å². The van der Waals surface area contributed by atoms with Crippen molar-refractivity contribution in [2.45, 2.75) is 50.3 Å². The van der Waals surface area contributed by atoms with Crippen LogP contribution in [0.3, 0.4) is 0 Å². The molecule has 2 amide bonds. The van der Waals surface area contributed by atoms with Gasteiger partial charge in [-0.15, -0.1) is 0 Å². The molecule has 9 nitrogen and oxygen atoms in total. The van der Waals surface area contributed by atoms with Gasteiger partial charge >= 0.3 is 10.0 Å². The lowest BCUT2D eigenvalue weighted by Gasteiger charge is -2.11. The molecule has 0 bridgehead atoms. The number of nitrogens with two attached hydrogens (primary N) is 2. The van der Waals surface area contributed by atoms with Crippen molar-refractivity contribution < 1.29 is 18.0 Å². The highest BCUT2D eigenvalue weighted by atomic mass is 32.2. The highest BCUT2D eigenvalue weighted by molar-refractivity contribution is 7.92. The summed E-state index contributed by atoms with van der Waals surface area (Å²) in [6.07, 6.45) is 4.34. The van der Waals surface area contributed by atoms with Crippen molar-refractivity contribution in [3.05, 3.63) is 54.1 Å². The van der Waals surface area contributed by atoms with Gasteiger partial charge in [0.2, 0.25) is 11.8 Å². The number of nitrogens with zero attached hydrogens (tertiary/aromatic N) is 1. The van der Waals surface area contributed by atoms with Crippen molar-refractivity contribution >= 4 is 39.0 Å². The monoisotopic (exact) mass is 486 g/mol. The van der Waals surface area contributed by atoms with E-state index in [2.05, 4.69) is 15.0 Å². The molecule has 10 heteroatoms. The van der Waals surface area contributed by atoms with Crippen LogP contribution < -0.4 is 21.5 Å². The number of benzene rings is 2. The number of amidine groups is 1. The molecule has 0 radical (unpaired) electrons. The molecule has 2 aromatic rings. The van der Waals surface area contributed by atoms with Crippen LogP contribution in [0.5, 0.6) is 0 Å². The van der Waals surface area contributed by atoms with Crippen LogP contribution in [0.25, 0.3) is 0 Å². The maximum atomic E-state index is 13.1. The summed E-state index contributed by atoms with van der Waals surface area (Å²) < 4.78 is 26.4. The molecule has 1 aliphatic rings. The third-order valence-corrected chi connectivity index (χ3v) is 7.12. The molecule has 1 fully saturated rings. The molecule has 34 heavy (non-hydrogen) atoms. The molecule has 1 saturated carbocycles. The average molecular weight is 487 g/mol. The first-order valence-electron chi connectivity index (χ1n) is 11.3. The summed E-state index contributed by atoms with van der Waals surface area (Å²) in [5.41, 5.74) is 12.4. The first-order valence-corrected chi connectivity index (χ1v) is 12.8. The van der Waals surface area contributed by atoms with E-state index in [9.17, 15) is 18.0 Å². The normalized spacial score (nSPS) is 16.4. The maximum absolute atomic E-state index is 13.1. The van der Waals surface area contributed by atoms with Crippen LogP contribution in [-0.4, -0.2) is 32.6 Å². The highest BCUT2D eigenvalue weighted by Crippen LogP contribution is 2.45. The van der Waals surface area contributed by atoms with Gasteiger partial charge in [0, 0.05) is 23.1 Å². The fraction of sp³-hybridized carbons (Fsp3) is 0.375. The van der Waals surface area contributed by atoms with E-state index in [1.165, 1.54) is 12.1 Å². The maximum Gasteiger partial charge on any atom is 0.396 e. The van der Waals surface area contributed by atoms with Crippen molar-refractivity contribution in [1.29, 1.82) is 0 Å². The Bertz CT molecular complexity index is 1190. The molecule has 1 aliphatic carbocycles. The van der Waals surface area contributed by atoms with Gasteiger partial charge in [-0.3, -0.25) is 9.59 Å². The fourth-order valence-electron chi connectivity index (χ4n) is 3.26. The minimum atomic E-state index is -3.70. The van der Waals surface area contributed by atoms with Gasteiger partial charge < -0.3 is 16.8 Å². The van der Waals surface area contributed by atoms with E-state index in [1.807, 2.05) is 6.92 Å². The SMILES string of the molecule is CC1(C(=O)Nc2cccc(NS(=O)(=[OH+])c3cccc(C(N)=NC(=O)CCCCCN)c3)c2)CC1. The van der Waals surface area contributed by atoms with Gasteiger partial charge in [-0.2, -0.15) is 9.20 Å². The zero-order valence-electron chi connectivity index (χ0n) is 19.3. The number of unbranched alkanes of at least 4 members (excludes halogenated alkanes) is 2. The molecule has 182 valence electrons. The van der Waals surface area contributed by atoms with Gasteiger partial charge in [0.05, 0.1) is 5.69 Å². The number of rotatable bonds is 11. The number of anilines is 2. The summed E-state index contributed by atoms with van der Waals surface area (Å²) in [5, 5.41) is 2.85. The van der Waals surface area contributed by atoms with Crippen LogP contribution in [0.1, 0.15) is 51.0 Å². The van der Waals surface area contributed by atoms with Crippen molar-refractivity contribution in [2.24, 2.45) is 21.9 Å². The van der Waals surface area contributed by atoms with Crippen LogP contribution in [0, 0.1) is 5.41 Å². The number of hydrogen-bond donors (Lipinski definition) is 4. The zero-order chi connectivity index (χ0) is 24.8. The molecule has 1 atom stereocenters. The highest BCUT2D eigenvalue weighted by Gasteiger charge is 2.44. The molecular formula is C24H32N5O4S+. The number of hydrogen-bond acceptors (Lipinski definition) is 4. The molecular weight excluding hydrogens is 454 g/mol. The summed E-state index contributed by atoms with van der Waals surface area (Å²) in [6.45, 7) is 2.49. The van der Waals surface area contributed by atoms with Crippen LogP contribution in [-0.2, 0) is 19.6 Å². The summed E-state index contributed by atoms with van der Waals surface area (Å²) >= 11 is 0. The summed E-state index contributed by atoms with van der Waals surface area (Å²) in [7, 11) is -3.70. The quantitative estimate of drug-likeness (QED) is 0.166. The lowest BCUT2D eigenvalue weighted by Crippen LogP contribution is -2.21. The summed E-state index contributed by atoms with van der Waals surface area (Å²) in [4.78, 5) is 28.3. The van der Waals surface area contributed by atoms with E-state index < -0.39 is 10.0 Å². The molecule has 1 unspecified atom stereocenters. The van der Waals surface area contributed by atoms with E-state index in [1.54, 1.807) is 36.4 Å².